The van der Waals surface area contributed by atoms with E-state index >= 15 is 0 Å². The Morgan fingerprint density at radius 2 is 1.32 bits per heavy atom. The number of hydrazone groups is 1. The van der Waals surface area contributed by atoms with E-state index in [0.717, 1.165) is 0 Å². The normalized spacial score (nSPS) is 11.6. The topological polar surface area (TPSA) is 93.6 Å². The van der Waals surface area contributed by atoms with E-state index in [1.165, 1.54) is 12.4 Å². The number of guanidine groups is 1. The number of nitrogens with two attached hydrogens (primary N) is 1. The van der Waals surface area contributed by atoms with Crippen molar-refractivity contribution in [2.24, 2.45) is 21.0 Å². The Hall–Kier alpha value is -1.71. The first-order chi connectivity index (χ1) is 14.3. The van der Waals surface area contributed by atoms with Crippen molar-refractivity contribution in [3.05, 3.63) is 55.5 Å². The minimum absolute atomic E-state index is 0. The number of nitrogens with one attached hydrogen (secondary N) is 1. The van der Waals surface area contributed by atoms with Crippen molar-refractivity contribution in [2.75, 3.05) is 13.2 Å². The van der Waals surface area contributed by atoms with Crippen molar-refractivity contribution in [1.29, 1.82) is 0 Å². The van der Waals surface area contributed by atoms with Gasteiger partial charge < -0.3 is 15.2 Å². The lowest BCUT2D eigenvalue weighted by atomic mass is 10.2. The molecule has 0 bridgehead atoms. The summed E-state index contributed by atoms with van der Waals surface area (Å²) in [5.74, 6) is 1.02. The van der Waals surface area contributed by atoms with Crippen LogP contribution in [0.1, 0.15) is 25.0 Å². The first kappa shape index (κ1) is 27.3. The quantitative estimate of drug-likeness (QED) is 0.233. The summed E-state index contributed by atoms with van der Waals surface area (Å²) in [7, 11) is 0. The van der Waals surface area contributed by atoms with Crippen molar-refractivity contribution in [3.8, 4) is 11.5 Å². The molecular formula is C19H20BrCl4N5O2. The third-order valence-corrected chi connectivity index (χ3v) is 4.89. The Bertz CT molecular complexity index is 986. The molecule has 2 aromatic rings. The molecule has 0 fully saturated rings. The Morgan fingerprint density at radius 1 is 0.871 bits per heavy atom. The van der Waals surface area contributed by atoms with Gasteiger partial charge in [-0.15, -0.1) is 22.1 Å². The Morgan fingerprint density at radius 3 is 1.81 bits per heavy atom. The van der Waals surface area contributed by atoms with Crippen LogP contribution in [0.3, 0.4) is 0 Å². The summed E-state index contributed by atoms with van der Waals surface area (Å²) in [5.41, 5.74) is 9.53. The fourth-order valence-corrected chi connectivity index (χ4v) is 2.85. The van der Waals surface area contributed by atoms with Crippen LogP contribution in [0.25, 0.3) is 0 Å². The maximum atomic E-state index is 6.05. The lowest BCUT2D eigenvalue weighted by molar-refractivity contribution is 0.339. The molecule has 12 heteroatoms. The van der Waals surface area contributed by atoms with Crippen molar-refractivity contribution < 1.29 is 9.47 Å². The Kier molecular flexibility index (Phi) is 12.0. The molecule has 0 spiro atoms. The predicted molar refractivity (Wildman–Crippen MR) is 136 cm³/mol. The maximum absolute atomic E-state index is 6.05. The van der Waals surface area contributed by atoms with Crippen LogP contribution < -0.4 is 20.6 Å². The number of halogens is 5. The van der Waals surface area contributed by atoms with Gasteiger partial charge in [0.1, 0.15) is 11.5 Å². The first-order valence-corrected chi connectivity index (χ1v) is 10.3. The second-order valence-electron chi connectivity index (χ2n) is 5.57. The second-order valence-corrected chi connectivity index (χ2v) is 7.20. The van der Waals surface area contributed by atoms with Gasteiger partial charge in [-0.1, -0.05) is 46.4 Å². The van der Waals surface area contributed by atoms with E-state index in [1.54, 1.807) is 24.3 Å². The summed E-state index contributed by atoms with van der Waals surface area (Å²) >= 11 is 24.1. The summed E-state index contributed by atoms with van der Waals surface area (Å²) < 4.78 is 11.0. The monoisotopic (exact) mass is 569 g/mol. The molecule has 0 atom stereocenters. The molecule has 0 aliphatic carbocycles. The molecule has 0 saturated heterocycles. The summed E-state index contributed by atoms with van der Waals surface area (Å²) in [6.45, 7) is 4.63. The highest BCUT2D eigenvalue weighted by Gasteiger charge is 2.08. The van der Waals surface area contributed by atoms with E-state index < -0.39 is 0 Å². The lowest BCUT2D eigenvalue weighted by Gasteiger charge is -2.08. The smallest absolute Gasteiger partial charge is 0.234 e. The molecule has 0 unspecified atom stereocenters. The molecule has 0 heterocycles. The molecule has 2 rings (SSSR count). The van der Waals surface area contributed by atoms with Gasteiger partial charge in [0.15, 0.2) is 0 Å². The van der Waals surface area contributed by atoms with E-state index in [-0.39, 0.29) is 22.9 Å². The Balaban J connectivity index is 0.00000480. The van der Waals surface area contributed by atoms with E-state index in [0.29, 0.717) is 55.9 Å². The second kappa shape index (κ2) is 13.6. The number of hydrogen-bond donors (Lipinski definition) is 2. The van der Waals surface area contributed by atoms with Gasteiger partial charge in [0.2, 0.25) is 5.96 Å². The first-order valence-electron chi connectivity index (χ1n) is 8.74. The molecule has 0 amide bonds. The average Bonchev–Trinajstić information content (AvgIpc) is 2.69. The number of hydrogen-bond acceptors (Lipinski definition) is 5. The third kappa shape index (κ3) is 8.38. The van der Waals surface area contributed by atoms with Gasteiger partial charge in [-0.2, -0.15) is 10.2 Å². The van der Waals surface area contributed by atoms with E-state index in [9.17, 15) is 0 Å². The average molecular weight is 572 g/mol. The van der Waals surface area contributed by atoms with Crippen LogP contribution >= 0.6 is 63.4 Å². The number of rotatable bonds is 8. The van der Waals surface area contributed by atoms with Crippen LogP contribution in [0.2, 0.25) is 20.1 Å². The zero-order chi connectivity index (χ0) is 22.1. The zero-order valence-corrected chi connectivity index (χ0v) is 21.3. The number of ether oxygens (including phenoxy) is 2. The van der Waals surface area contributed by atoms with Gasteiger partial charge in [0, 0.05) is 23.3 Å². The molecule has 0 radical (unpaired) electrons. The van der Waals surface area contributed by atoms with Crippen molar-refractivity contribution in [3.63, 3.8) is 0 Å². The van der Waals surface area contributed by atoms with Gasteiger partial charge >= 0.3 is 0 Å². The van der Waals surface area contributed by atoms with Crippen molar-refractivity contribution in [1.82, 2.24) is 5.43 Å². The Labute approximate surface area is 211 Å². The molecule has 0 aliphatic rings. The molecule has 0 aromatic heterocycles. The highest BCUT2D eigenvalue weighted by molar-refractivity contribution is 8.93. The van der Waals surface area contributed by atoms with E-state index in [1.807, 2.05) is 13.8 Å². The summed E-state index contributed by atoms with van der Waals surface area (Å²) in [6.07, 6.45) is 2.92. The van der Waals surface area contributed by atoms with Crippen LogP contribution in [0.4, 0.5) is 0 Å². The summed E-state index contributed by atoms with van der Waals surface area (Å²) in [5, 5.41) is 13.2. The molecular weight excluding hydrogens is 552 g/mol. The number of benzene rings is 2. The molecule has 7 nitrogen and oxygen atoms in total. The van der Waals surface area contributed by atoms with E-state index in [4.69, 9.17) is 61.6 Å². The van der Waals surface area contributed by atoms with Crippen LogP contribution in [0.15, 0.2) is 39.6 Å². The molecule has 168 valence electrons. The van der Waals surface area contributed by atoms with Crippen LogP contribution in [-0.4, -0.2) is 31.6 Å². The molecule has 0 aliphatic heterocycles. The van der Waals surface area contributed by atoms with Gasteiger partial charge in [-0.3, -0.25) is 0 Å². The number of nitrogens with zero attached hydrogens (tertiary/aromatic N) is 3. The van der Waals surface area contributed by atoms with Gasteiger partial charge in [0.25, 0.3) is 0 Å². The molecule has 0 saturated carbocycles. The fraction of sp³-hybridized carbons (Fsp3) is 0.211. The largest absolute Gasteiger partial charge is 0.493 e. The van der Waals surface area contributed by atoms with Gasteiger partial charge in [-0.05, 0) is 26.0 Å². The van der Waals surface area contributed by atoms with E-state index in [2.05, 4.69) is 20.7 Å². The minimum Gasteiger partial charge on any atom is -0.493 e. The third-order valence-electron chi connectivity index (χ3n) is 3.45. The van der Waals surface area contributed by atoms with Crippen LogP contribution in [-0.2, 0) is 0 Å². The van der Waals surface area contributed by atoms with Gasteiger partial charge in [-0.25, -0.2) is 5.43 Å². The molecule has 31 heavy (non-hydrogen) atoms. The lowest BCUT2D eigenvalue weighted by Crippen LogP contribution is -2.26. The highest BCUT2D eigenvalue weighted by Crippen LogP contribution is 2.30. The minimum atomic E-state index is -0.0430. The van der Waals surface area contributed by atoms with Crippen LogP contribution in [0.5, 0.6) is 11.5 Å². The molecule has 3 N–H and O–H groups in total. The summed E-state index contributed by atoms with van der Waals surface area (Å²) in [4.78, 5) is 0. The predicted octanol–water partition coefficient (Wildman–Crippen LogP) is 5.95. The fourth-order valence-electron chi connectivity index (χ4n) is 2.19. The highest BCUT2D eigenvalue weighted by atomic mass is 79.9. The van der Waals surface area contributed by atoms with Crippen molar-refractivity contribution >= 4 is 81.8 Å². The van der Waals surface area contributed by atoms with Crippen LogP contribution in [0, 0.1) is 0 Å². The summed E-state index contributed by atoms with van der Waals surface area (Å²) in [6, 6.07) is 6.47. The van der Waals surface area contributed by atoms with Crippen molar-refractivity contribution in [2.45, 2.75) is 13.8 Å². The maximum Gasteiger partial charge on any atom is 0.234 e. The standard InChI is InChI=1S/C19H19Cl4N5O2.BrH/c1-3-29-17-7-15(22)13(20)5-11(17)9-25-27-19(24)28-26-10-12-6-14(21)16(23)8-18(12)30-4-2;/h5-10H,3-4H2,1-2H3,(H3,24,27,28);1H/b25-9+,26-10+;. The van der Waals surface area contributed by atoms with Gasteiger partial charge in [0.05, 0.1) is 45.7 Å². The molecule has 2 aromatic carbocycles. The zero-order valence-electron chi connectivity index (χ0n) is 16.5. The SMILES string of the molecule is Br.CCOc1cc(Cl)c(Cl)cc1/C=N/N=C(N)N/N=C/c1cc(Cl)c(Cl)cc1OCC.